The van der Waals surface area contributed by atoms with E-state index < -0.39 is 56.1 Å². The Bertz CT molecular complexity index is 941. The number of nitrogens with zero attached hydrogens (tertiary/aromatic N) is 1. The minimum Gasteiger partial charge on any atom is -0.493 e. The quantitative estimate of drug-likeness (QED) is 0.851. The summed E-state index contributed by atoms with van der Waals surface area (Å²) in [5.74, 6) is -2.47. The fourth-order valence-corrected chi connectivity index (χ4v) is 3.31. The van der Waals surface area contributed by atoms with Crippen LogP contribution in [-0.2, 0) is 11.2 Å². The molecule has 1 fully saturated rings. The molecule has 2 aliphatic heterocycles. The molecule has 126 valence electrons. The Morgan fingerprint density at radius 1 is 1.39 bits per heavy atom. The topological polar surface area (TPSA) is 38.8 Å². The summed E-state index contributed by atoms with van der Waals surface area (Å²) in [5.41, 5.74) is 0.327. The van der Waals surface area contributed by atoms with Crippen LogP contribution in [0.2, 0.25) is 0 Å². The van der Waals surface area contributed by atoms with Crippen LogP contribution < -0.4 is 9.47 Å². The van der Waals surface area contributed by atoms with Crippen LogP contribution in [0.15, 0.2) is 12.1 Å². The second kappa shape index (κ2) is 6.52. The number of ketones is 1. The Hall–Kier alpha value is -1.55. The number of fused-ring (bicyclic) bond motifs is 3. The summed E-state index contributed by atoms with van der Waals surface area (Å²) in [4.78, 5) is 14.5. The van der Waals surface area contributed by atoms with E-state index in [1.807, 2.05) is 13.8 Å². The molecule has 2 atom stereocenters. The lowest BCUT2D eigenvalue weighted by atomic mass is 9.80. The number of carbonyl (C=O) groups is 1. The highest BCUT2D eigenvalue weighted by atomic mass is 16.5. The molecule has 0 spiro atoms. The zero-order valence-electron chi connectivity index (χ0n) is 23.2. The van der Waals surface area contributed by atoms with Crippen molar-refractivity contribution in [1.29, 1.82) is 0 Å². The molecule has 0 saturated carbocycles. The van der Waals surface area contributed by atoms with E-state index in [1.165, 1.54) is 4.90 Å². The summed E-state index contributed by atoms with van der Waals surface area (Å²) < 4.78 is 88.7. The molecule has 0 bridgehead atoms. The van der Waals surface area contributed by atoms with E-state index in [9.17, 15) is 4.79 Å². The van der Waals surface area contributed by atoms with Gasteiger partial charge in [0.25, 0.3) is 0 Å². The number of rotatable bonds is 4. The second-order valence-corrected chi connectivity index (χ2v) is 6.45. The van der Waals surface area contributed by atoms with E-state index in [0.29, 0.717) is 6.42 Å². The third kappa shape index (κ3) is 3.09. The summed E-state index contributed by atoms with van der Waals surface area (Å²) in [6, 6.07) is -1.86. The van der Waals surface area contributed by atoms with E-state index >= 15 is 0 Å². The van der Waals surface area contributed by atoms with Gasteiger partial charge in [0.2, 0.25) is 0 Å². The van der Waals surface area contributed by atoms with Crippen molar-refractivity contribution in [3.8, 4) is 11.5 Å². The van der Waals surface area contributed by atoms with Crippen molar-refractivity contribution in [2.45, 2.75) is 39.2 Å². The molecule has 4 nitrogen and oxygen atoms in total. The SMILES string of the molecule is [2H]c1c2c(c([2H])c(OC([2H])([2H])[2H])c1OC([2H])([2H])[2H])C1CC(=O)C(CC(C)C)C([2H])([2H])N1CC2. The molecule has 0 aromatic heterocycles. The normalized spacial score (nSPS) is 34.0. The Morgan fingerprint density at radius 3 is 2.83 bits per heavy atom. The van der Waals surface area contributed by atoms with Crippen molar-refractivity contribution >= 4 is 5.78 Å². The van der Waals surface area contributed by atoms with Gasteiger partial charge in [-0.2, -0.15) is 0 Å². The van der Waals surface area contributed by atoms with Gasteiger partial charge in [-0.1, -0.05) is 13.8 Å². The second-order valence-electron chi connectivity index (χ2n) is 6.45. The smallest absolute Gasteiger partial charge is 0.161 e. The molecule has 1 aromatic carbocycles. The van der Waals surface area contributed by atoms with Gasteiger partial charge in [-0.15, -0.1) is 0 Å². The molecule has 3 rings (SSSR count). The van der Waals surface area contributed by atoms with Crippen LogP contribution in [-0.4, -0.2) is 37.8 Å². The largest absolute Gasteiger partial charge is 0.493 e. The number of hydrogen-bond donors (Lipinski definition) is 0. The van der Waals surface area contributed by atoms with Gasteiger partial charge in [0.05, 0.1) is 25.0 Å². The highest BCUT2D eigenvalue weighted by molar-refractivity contribution is 5.83. The molecule has 2 heterocycles. The summed E-state index contributed by atoms with van der Waals surface area (Å²) in [5, 5.41) is 0. The number of carbonyl (C=O) groups excluding carboxylic acids is 1. The standard InChI is InChI=1S/C19H27NO3/c1-12(2)7-14-11-20-6-5-13-8-18(22-3)19(23-4)9-15(13)16(20)10-17(14)21/h8-9,12,14,16H,5-7,10-11H2,1-4H3/i3D3,4D3,8D,9D,11D2. The minimum absolute atomic E-state index is 0.0908. The van der Waals surface area contributed by atoms with E-state index in [2.05, 4.69) is 0 Å². The fourth-order valence-electron chi connectivity index (χ4n) is 3.31. The van der Waals surface area contributed by atoms with Gasteiger partial charge in [0.1, 0.15) is 5.78 Å². The molecular weight excluding hydrogens is 290 g/mol. The van der Waals surface area contributed by atoms with Gasteiger partial charge in [-0.05, 0) is 42.0 Å². The highest BCUT2D eigenvalue weighted by Gasteiger charge is 2.38. The molecule has 0 N–H and O–H groups in total. The minimum atomic E-state index is -3.06. The average molecular weight is 327 g/mol. The predicted octanol–water partition coefficient (Wildman–Crippen LogP) is 3.24. The summed E-state index contributed by atoms with van der Waals surface area (Å²) >= 11 is 0. The molecule has 1 saturated heterocycles. The highest BCUT2D eigenvalue weighted by Crippen LogP contribution is 2.42. The first-order chi connectivity index (χ1) is 14.9. The molecular formula is C19H27NO3. The summed E-state index contributed by atoms with van der Waals surface area (Å²) in [7, 11) is -6.08. The van der Waals surface area contributed by atoms with Crippen LogP contribution in [0.5, 0.6) is 11.5 Å². The van der Waals surface area contributed by atoms with Crippen molar-refractivity contribution in [2.75, 3.05) is 27.1 Å². The van der Waals surface area contributed by atoms with E-state index in [4.69, 9.17) is 23.2 Å². The first-order valence-corrected chi connectivity index (χ1v) is 7.77. The van der Waals surface area contributed by atoms with Crippen molar-refractivity contribution in [1.82, 2.24) is 4.90 Å². The maximum atomic E-state index is 13.0. The lowest BCUT2D eigenvalue weighted by molar-refractivity contribution is -0.129. The lowest BCUT2D eigenvalue weighted by Crippen LogP contribution is -2.46. The average Bonchev–Trinajstić information content (AvgIpc) is 2.63. The zero-order valence-corrected chi connectivity index (χ0v) is 13.2. The molecule has 2 unspecified atom stereocenters. The Morgan fingerprint density at radius 2 is 2.13 bits per heavy atom. The van der Waals surface area contributed by atoms with E-state index in [0.717, 1.165) is 0 Å². The number of Topliss-reactive ketones (excluding diaryl/α,β-unsaturated/α-hetero) is 1. The Balaban J connectivity index is 2.18. The molecule has 2 aliphatic rings. The first-order valence-electron chi connectivity index (χ1n) is 12.8. The molecule has 0 radical (unpaired) electrons. The van der Waals surface area contributed by atoms with Crippen molar-refractivity contribution in [2.24, 2.45) is 11.8 Å². The van der Waals surface area contributed by atoms with Gasteiger partial charge in [0.15, 0.2) is 11.5 Å². The molecule has 23 heavy (non-hydrogen) atoms. The summed E-state index contributed by atoms with van der Waals surface area (Å²) in [6.07, 6.45) is 0.351. The van der Waals surface area contributed by atoms with Crippen molar-refractivity contribution < 1.29 is 28.0 Å². The van der Waals surface area contributed by atoms with Gasteiger partial charge in [0, 0.05) is 34.2 Å². The van der Waals surface area contributed by atoms with Crippen LogP contribution in [0.25, 0.3) is 0 Å². The zero-order chi connectivity index (χ0) is 25.1. The maximum Gasteiger partial charge on any atom is 0.161 e. The lowest BCUT2D eigenvalue weighted by Gasteiger charge is -2.43. The molecule has 4 heteroatoms. The number of hydrogen-bond acceptors (Lipinski definition) is 4. The van der Waals surface area contributed by atoms with Crippen molar-refractivity contribution in [3.05, 3.63) is 23.2 Å². The van der Waals surface area contributed by atoms with Crippen LogP contribution in [0, 0.1) is 11.8 Å². The maximum absolute atomic E-state index is 13.0. The van der Waals surface area contributed by atoms with Crippen LogP contribution >= 0.6 is 0 Å². The van der Waals surface area contributed by atoms with E-state index in [1.54, 1.807) is 0 Å². The van der Waals surface area contributed by atoms with Crippen LogP contribution in [0.3, 0.4) is 0 Å². The first kappa shape index (κ1) is 8.02. The third-order valence-electron chi connectivity index (χ3n) is 4.37. The molecule has 1 aromatic rings. The molecule has 0 amide bonds. The van der Waals surface area contributed by atoms with Crippen LogP contribution in [0.4, 0.5) is 0 Å². The van der Waals surface area contributed by atoms with Crippen LogP contribution in [0.1, 0.15) is 57.6 Å². The fraction of sp³-hybridized carbons (Fsp3) is 0.632. The van der Waals surface area contributed by atoms with Gasteiger partial charge in [-0.3, -0.25) is 9.69 Å². The monoisotopic (exact) mass is 327 g/mol. The van der Waals surface area contributed by atoms with Gasteiger partial charge < -0.3 is 9.47 Å². The number of piperidine rings is 1. The Labute approximate surface area is 152 Å². The van der Waals surface area contributed by atoms with Gasteiger partial charge >= 0.3 is 0 Å². The predicted molar refractivity (Wildman–Crippen MR) is 90.1 cm³/mol. The van der Waals surface area contributed by atoms with Crippen molar-refractivity contribution in [3.63, 3.8) is 0 Å². The number of benzene rings is 1. The number of ether oxygens (including phenoxy) is 2. The van der Waals surface area contributed by atoms with E-state index in [-0.39, 0.29) is 42.2 Å². The summed E-state index contributed by atoms with van der Waals surface area (Å²) in [6.45, 7) is 1.94. The third-order valence-corrected chi connectivity index (χ3v) is 4.37. The molecule has 0 aliphatic carbocycles. The number of methoxy groups -OCH3 is 2. The van der Waals surface area contributed by atoms with Gasteiger partial charge in [-0.25, -0.2) is 0 Å². The Kier molecular flexibility index (Phi) is 2.27.